The predicted molar refractivity (Wildman–Crippen MR) is 233 cm³/mol. The molecule has 2 heteroatoms. The number of para-hydroxylation sites is 2. The van der Waals surface area contributed by atoms with Crippen LogP contribution in [0.1, 0.15) is 80.3 Å². The molecular weight excluding hydrogens is 653 g/mol. The molecule has 2 heterocycles. The van der Waals surface area contributed by atoms with Crippen LogP contribution < -0.4 is 9.80 Å². The van der Waals surface area contributed by atoms with E-state index in [1.807, 2.05) is 0 Å². The Labute approximate surface area is 321 Å². The minimum absolute atomic E-state index is 0.0173. The van der Waals surface area contributed by atoms with Crippen molar-refractivity contribution in [3.8, 4) is 0 Å². The van der Waals surface area contributed by atoms with Crippen molar-refractivity contribution in [2.45, 2.75) is 58.8 Å². The van der Waals surface area contributed by atoms with Gasteiger partial charge in [-0.3, -0.25) is 0 Å². The molecule has 54 heavy (non-hydrogen) atoms. The topological polar surface area (TPSA) is 6.48 Å². The van der Waals surface area contributed by atoms with Crippen LogP contribution in [0.4, 0.5) is 17.1 Å². The van der Waals surface area contributed by atoms with Gasteiger partial charge in [-0.1, -0.05) is 161 Å². The smallest absolute Gasteiger partial charge is 0.0540 e. The van der Waals surface area contributed by atoms with Gasteiger partial charge in [-0.2, -0.15) is 0 Å². The van der Waals surface area contributed by atoms with Crippen LogP contribution in [0.2, 0.25) is 0 Å². The molecule has 5 aromatic carbocycles. The normalized spacial score (nSPS) is 18.8. The number of allylic oxidation sites excluding steroid dienone is 7. The number of nitrogens with zero attached hydrogens (tertiary/aromatic N) is 2. The summed E-state index contributed by atoms with van der Waals surface area (Å²) < 4.78 is 0. The second-order valence-electron chi connectivity index (χ2n) is 15.9. The number of aryl methyl sites for hydroxylation is 1. The zero-order valence-corrected chi connectivity index (χ0v) is 32.1. The van der Waals surface area contributed by atoms with E-state index in [-0.39, 0.29) is 5.41 Å². The molecule has 0 radical (unpaired) electrons. The van der Waals surface area contributed by atoms with Crippen molar-refractivity contribution < 1.29 is 0 Å². The Morgan fingerprint density at radius 2 is 1.56 bits per heavy atom. The molecule has 2 nitrogen and oxygen atoms in total. The summed E-state index contributed by atoms with van der Waals surface area (Å²) in [7, 11) is 0. The molecule has 4 aliphatic rings. The fourth-order valence-electron chi connectivity index (χ4n) is 9.56. The van der Waals surface area contributed by atoms with E-state index in [4.69, 9.17) is 0 Å². The first-order valence-electron chi connectivity index (χ1n) is 20.0. The maximum Gasteiger partial charge on any atom is 0.0540 e. The maximum absolute atomic E-state index is 2.54. The Morgan fingerprint density at radius 1 is 0.759 bits per heavy atom. The first-order valence-corrected chi connectivity index (χ1v) is 20.0. The summed E-state index contributed by atoms with van der Waals surface area (Å²) in [5.74, 6) is 0.470. The molecule has 0 saturated heterocycles. The lowest BCUT2D eigenvalue weighted by Crippen LogP contribution is -2.29. The van der Waals surface area contributed by atoms with Gasteiger partial charge in [-0.15, -0.1) is 0 Å². The van der Waals surface area contributed by atoms with Crippen LogP contribution in [0.25, 0.3) is 34.6 Å². The average Bonchev–Trinajstić information content (AvgIpc) is 3.29. The van der Waals surface area contributed by atoms with E-state index >= 15 is 0 Å². The third-order valence-electron chi connectivity index (χ3n) is 12.3. The Morgan fingerprint density at radius 3 is 2.44 bits per heavy atom. The summed E-state index contributed by atoms with van der Waals surface area (Å²) in [6.07, 6.45) is 23.2. The van der Waals surface area contributed by atoms with Crippen molar-refractivity contribution in [3.05, 3.63) is 184 Å². The SMILES string of the molecule is CCC1=C(C=CCN2CCCc3ccccc32)c2ccc(C=Cc3cccc4c(N5C6=C(C=Cc7ccccc75)C(C)CC=C6)cccc34)cc2C1(C)C. The molecule has 1 atom stereocenters. The van der Waals surface area contributed by atoms with Gasteiger partial charge in [0.15, 0.2) is 0 Å². The molecule has 0 N–H and O–H groups in total. The Balaban J connectivity index is 1.03. The first kappa shape index (κ1) is 34.2. The molecule has 9 rings (SSSR count). The Kier molecular flexibility index (Phi) is 8.86. The van der Waals surface area contributed by atoms with Gasteiger partial charge in [-0.05, 0) is 106 Å². The lowest BCUT2D eigenvalue weighted by molar-refractivity contribution is 0.617. The molecule has 2 aliphatic heterocycles. The Hall–Kier alpha value is -5.60. The van der Waals surface area contributed by atoms with Crippen molar-refractivity contribution in [2.24, 2.45) is 5.92 Å². The van der Waals surface area contributed by atoms with Crippen LogP contribution in [0.3, 0.4) is 0 Å². The summed E-state index contributed by atoms with van der Waals surface area (Å²) in [6, 6.07) is 38.4. The molecule has 0 saturated carbocycles. The number of hydrogen-bond acceptors (Lipinski definition) is 2. The van der Waals surface area contributed by atoms with E-state index in [1.54, 1.807) is 0 Å². The van der Waals surface area contributed by atoms with Gasteiger partial charge in [0.2, 0.25) is 0 Å². The maximum atomic E-state index is 2.54. The summed E-state index contributed by atoms with van der Waals surface area (Å²) in [4.78, 5) is 5.03. The molecule has 0 fully saturated rings. The largest absolute Gasteiger partial charge is 0.368 e. The summed E-state index contributed by atoms with van der Waals surface area (Å²) in [5, 5.41) is 2.52. The van der Waals surface area contributed by atoms with Crippen molar-refractivity contribution in [3.63, 3.8) is 0 Å². The minimum Gasteiger partial charge on any atom is -0.368 e. The fraction of sp³-hybridized carbons (Fsp3) is 0.231. The fourth-order valence-corrected chi connectivity index (χ4v) is 9.56. The summed E-state index contributed by atoms with van der Waals surface area (Å²) in [5.41, 5.74) is 17.4. The lowest BCUT2D eigenvalue weighted by atomic mass is 9.79. The molecule has 5 aromatic rings. The van der Waals surface area contributed by atoms with Gasteiger partial charge in [0.1, 0.15) is 0 Å². The highest BCUT2D eigenvalue weighted by atomic mass is 15.2. The van der Waals surface area contributed by atoms with Crippen molar-refractivity contribution >= 4 is 51.6 Å². The molecule has 0 aromatic heterocycles. The molecular formula is C52H50N2. The van der Waals surface area contributed by atoms with Crippen LogP contribution in [-0.4, -0.2) is 13.1 Å². The zero-order chi connectivity index (χ0) is 36.8. The third-order valence-corrected chi connectivity index (χ3v) is 12.3. The van der Waals surface area contributed by atoms with Gasteiger partial charge in [0, 0.05) is 35.3 Å². The van der Waals surface area contributed by atoms with Crippen molar-refractivity contribution in [1.82, 2.24) is 0 Å². The van der Waals surface area contributed by atoms with Crippen molar-refractivity contribution in [1.29, 1.82) is 0 Å². The number of hydrogen-bond donors (Lipinski definition) is 0. The van der Waals surface area contributed by atoms with E-state index in [0.717, 1.165) is 25.9 Å². The van der Waals surface area contributed by atoms with E-state index in [2.05, 4.69) is 189 Å². The second kappa shape index (κ2) is 14.0. The van der Waals surface area contributed by atoms with E-state index < -0.39 is 0 Å². The number of fused-ring (bicyclic) bond motifs is 4. The number of rotatable bonds is 7. The number of benzene rings is 5. The third kappa shape index (κ3) is 5.89. The second-order valence-corrected chi connectivity index (χ2v) is 15.9. The monoisotopic (exact) mass is 702 g/mol. The molecule has 0 spiro atoms. The van der Waals surface area contributed by atoms with E-state index in [1.165, 1.54) is 96.5 Å². The van der Waals surface area contributed by atoms with Crippen LogP contribution >= 0.6 is 0 Å². The molecule has 0 amide bonds. The highest BCUT2D eigenvalue weighted by Crippen LogP contribution is 2.49. The van der Waals surface area contributed by atoms with E-state index in [9.17, 15) is 0 Å². The quantitative estimate of drug-likeness (QED) is 0.156. The van der Waals surface area contributed by atoms with Crippen LogP contribution in [0, 0.1) is 5.92 Å². The summed E-state index contributed by atoms with van der Waals surface area (Å²) in [6.45, 7) is 11.5. The van der Waals surface area contributed by atoms with Gasteiger partial charge in [0.05, 0.1) is 11.4 Å². The molecule has 1 unspecified atom stereocenters. The van der Waals surface area contributed by atoms with Gasteiger partial charge in [0.25, 0.3) is 0 Å². The minimum atomic E-state index is -0.0173. The van der Waals surface area contributed by atoms with Gasteiger partial charge in [-0.25, -0.2) is 0 Å². The van der Waals surface area contributed by atoms with Gasteiger partial charge >= 0.3 is 0 Å². The molecule has 2 aliphatic carbocycles. The van der Waals surface area contributed by atoms with Crippen LogP contribution in [0.5, 0.6) is 0 Å². The highest BCUT2D eigenvalue weighted by Gasteiger charge is 2.36. The first-order chi connectivity index (χ1) is 26.4. The summed E-state index contributed by atoms with van der Waals surface area (Å²) >= 11 is 0. The predicted octanol–water partition coefficient (Wildman–Crippen LogP) is 13.5. The molecule has 268 valence electrons. The Bertz CT molecular complexity index is 2460. The average molecular weight is 703 g/mol. The highest BCUT2D eigenvalue weighted by molar-refractivity contribution is 6.03. The zero-order valence-electron chi connectivity index (χ0n) is 32.1. The van der Waals surface area contributed by atoms with Crippen molar-refractivity contribution in [2.75, 3.05) is 22.9 Å². The van der Waals surface area contributed by atoms with Crippen LogP contribution in [-0.2, 0) is 11.8 Å². The van der Waals surface area contributed by atoms with Crippen LogP contribution in [0.15, 0.2) is 150 Å². The van der Waals surface area contributed by atoms with Gasteiger partial charge < -0.3 is 9.80 Å². The lowest BCUT2D eigenvalue weighted by Gasteiger charge is -2.32. The standard InChI is InChI=1S/C52H50N2/c1-5-46-43(22-14-34-53-33-13-19-39-16-6-8-23-48(39)53)44-31-28-37(35-47(44)52(46,3)4)27-29-38-18-11-21-45-42(38)20-12-26-51(45)54-49-24-9-7-17-40(49)30-32-41-36(2)15-10-25-50(41)54/h6-12,14,16-18,20-32,35-36H,5,13,15,19,33-34H2,1-4H3. The number of anilines is 3. The van der Waals surface area contributed by atoms with E-state index in [0.29, 0.717) is 5.92 Å². The molecule has 0 bridgehead atoms.